The van der Waals surface area contributed by atoms with Crippen LogP contribution in [0.5, 0.6) is 0 Å². The van der Waals surface area contributed by atoms with Crippen molar-refractivity contribution in [1.29, 1.82) is 0 Å². The van der Waals surface area contributed by atoms with Gasteiger partial charge in [-0.3, -0.25) is 15.0 Å². The standard InChI is InChI=1S/C28H21N3O2/c32-27(23-17-15-22(16-18-23)21-11-5-2-6-12-21)30-31-26(19-20-9-3-1-4-10-20)29-25-14-8-7-13-24(25)28(31)33/h1-18H,19H2,(H,30,32). The highest BCUT2D eigenvalue weighted by atomic mass is 16.2. The lowest BCUT2D eigenvalue weighted by Crippen LogP contribution is -2.36. The van der Waals surface area contributed by atoms with Gasteiger partial charge in [0.1, 0.15) is 5.82 Å². The summed E-state index contributed by atoms with van der Waals surface area (Å²) in [4.78, 5) is 31.0. The van der Waals surface area contributed by atoms with Crippen molar-refractivity contribution in [3.05, 3.63) is 136 Å². The molecule has 5 nitrogen and oxygen atoms in total. The van der Waals surface area contributed by atoms with Gasteiger partial charge in [0.25, 0.3) is 11.5 Å². The second kappa shape index (κ2) is 8.93. The minimum Gasteiger partial charge on any atom is -0.267 e. The molecular weight excluding hydrogens is 410 g/mol. The number of hydrogen-bond acceptors (Lipinski definition) is 3. The lowest BCUT2D eigenvalue weighted by molar-refractivity contribution is 0.101. The van der Waals surface area contributed by atoms with Crippen LogP contribution in [0, 0.1) is 0 Å². The molecule has 0 aliphatic heterocycles. The van der Waals surface area contributed by atoms with Crippen LogP contribution >= 0.6 is 0 Å². The number of carbonyl (C=O) groups is 1. The molecule has 1 N–H and O–H groups in total. The van der Waals surface area contributed by atoms with E-state index in [2.05, 4.69) is 10.4 Å². The summed E-state index contributed by atoms with van der Waals surface area (Å²) in [6.07, 6.45) is 0.411. The largest absolute Gasteiger partial charge is 0.280 e. The third-order valence-electron chi connectivity index (χ3n) is 5.52. The minimum atomic E-state index is -0.372. The zero-order valence-corrected chi connectivity index (χ0v) is 17.8. The van der Waals surface area contributed by atoms with Crippen LogP contribution in [0.2, 0.25) is 0 Å². The zero-order chi connectivity index (χ0) is 22.6. The van der Waals surface area contributed by atoms with Crippen LogP contribution in [-0.4, -0.2) is 15.6 Å². The molecule has 1 heterocycles. The molecule has 0 spiro atoms. The van der Waals surface area contributed by atoms with Gasteiger partial charge >= 0.3 is 0 Å². The molecular formula is C28H21N3O2. The van der Waals surface area contributed by atoms with Crippen molar-refractivity contribution in [2.75, 3.05) is 5.43 Å². The predicted molar refractivity (Wildman–Crippen MR) is 131 cm³/mol. The maximum atomic E-state index is 13.3. The van der Waals surface area contributed by atoms with Gasteiger partial charge in [-0.2, -0.15) is 0 Å². The Kier molecular flexibility index (Phi) is 5.52. The number of nitrogens with zero attached hydrogens (tertiary/aromatic N) is 2. The van der Waals surface area contributed by atoms with Crippen molar-refractivity contribution in [3.63, 3.8) is 0 Å². The first-order chi connectivity index (χ1) is 16.2. The van der Waals surface area contributed by atoms with E-state index in [4.69, 9.17) is 0 Å². The molecule has 0 unspecified atom stereocenters. The number of para-hydroxylation sites is 1. The van der Waals surface area contributed by atoms with Gasteiger partial charge in [0.15, 0.2) is 0 Å². The maximum Gasteiger partial charge on any atom is 0.280 e. The van der Waals surface area contributed by atoms with Crippen LogP contribution in [0.3, 0.4) is 0 Å². The number of aromatic nitrogens is 2. The van der Waals surface area contributed by atoms with Crippen molar-refractivity contribution < 1.29 is 4.79 Å². The lowest BCUT2D eigenvalue weighted by Gasteiger charge is -2.15. The van der Waals surface area contributed by atoms with Crippen molar-refractivity contribution in [2.24, 2.45) is 0 Å². The summed E-state index contributed by atoms with van der Waals surface area (Å²) in [5.41, 5.74) is 6.61. The SMILES string of the molecule is O=C(Nn1c(Cc2ccccc2)nc2ccccc2c1=O)c1ccc(-c2ccccc2)cc1. The summed E-state index contributed by atoms with van der Waals surface area (Å²) in [5.74, 6) is 0.0993. The first-order valence-corrected chi connectivity index (χ1v) is 10.7. The van der Waals surface area contributed by atoms with Crippen LogP contribution < -0.4 is 11.0 Å². The van der Waals surface area contributed by atoms with Crippen LogP contribution in [0.1, 0.15) is 21.7 Å². The van der Waals surface area contributed by atoms with E-state index in [9.17, 15) is 9.59 Å². The van der Waals surface area contributed by atoms with Crippen LogP contribution in [0.4, 0.5) is 0 Å². The Balaban J connectivity index is 1.49. The Morgan fingerprint density at radius 2 is 1.33 bits per heavy atom. The number of nitrogens with one attached hydrogen (secondary N) is 1. The highest BCUT2D eigenvalue weighted by Crippen LogP contribution is 2.19. The van der Waals surface area contributed by atoms with Gasteiger partial charge < -0.3 is 0 Å². The van der Waals surface area contributed by atoms with E-state index in [1.165, 1.54) is 4.68 Å². The van der Waals surface area contributed by atoms with E-state index in [1.807, 2.05) is 78.9 Å². The molecule has 1 amide bonds. The molecule has 0 bridgehead atoms. The van der Waals surface area contributed by atoms with Gasteiger partial charge in [-0.05, 0) is 41.0 Å². The third kappa shape index (κ3) is 4.29. The fraction of sp³-hybridized carbons (Fsp3) is 0.0357. The molecule has 1 aromatic heterocycles. The van der Waals surface area contributed by atoms with Crippen LogP contribution in [0.15, 0.2) is 114 Å². The number of rotatable bonds is 5. The maximum absolute atomic E-state index is 13.3. The Morgan fingerprint density at radius 3 is 2.06 bits per heavy atom. The molecule has 0 radical (unpaired) electrons. The first-order valence-electron chi connectivity index (χ1n) is 10.7. The van der Waals surface area contributed by atoms with E-state index in [1.54, 1.807) is 30.3 Å². The summed E-state index contributed by atoms with van der Waals surface area (Å²) < 4.78 is 1.27. The fourth-order valence-electron chi connectivity index (χ4n) is 3.80. The van der Waals surface area contributed by atoms with Crippen molar-refractivity contribution in [1.82, 2.24) is 9.66 Å². The average molecular weight is 431 g/mol. The van der Waals surface area contributed by atoms with Gasteiger partial charge in [0, 0.05) is 12.0 Å². The van der Waals surface area contributed by atoms with Crippen molar-refractivity contribution in [2.45, 2.75) is 6.42 Å². The second-order valence-electron chi connectivity index (χ2n) is 7.73. The molecule has 0 aliphatic rings. The number of amides is 1. The van der Waals surface area contributed by atoms with Gasteiger partial charge in [0.2, 0.25) is 0 Å². The molecule has 5 rings (SSSR count). The Hall–Kier alpha value is -4.51. The van der Waals surface area contributed by atoms with E-state index in [0.717, 1.165) is 16.7 Å². The molecule has 0 saturated carbocycles. The van der Waals surface area contributed by atoms with Crippen LogP contribution in [-0.2, 0) is 6.42 Å². The van der Waals surface area contributed by atoms with Crippen molar-refractivity contribution >= 4 is 16.8 Å². The Morgan fingerprint density at radius 1 is 0.727 bits per heavy atom. The summed E-state index contributed by atoms with van der Waals surface area (Å²) >= 11 is 0. The van der Waals surface area contributed by atoms with E-state index in [0.29, 0.717) is 28.7 Å². The highest BCUT2D eigenvalue weighted by Gasteiger charge is 2.15. The Bertz CT molecular complexity index is 1480. The summed E-state index contributed by atoms with van der Waals surface area (Å²) in [6.45, 7) is 0. The first kappa shape index (κ1) is 20.4. The Labute approximate surface area is 191 Å². The normalized spacial score (nSPS) is 10.8. The quantitative estimate of drug-likeness (QED) is 0.424. The molecule has 33 heavy (non-hydrogen) atoms. The van der Waals surface area contributed by atoms with E-state index < -0.39 is 0 Å². The number of fused-ring (bicyclic) bond motifs is 1. The predicted octanol–water partition coefficient (Wildman–Crippen LogP) is 5.04. The number of benzene rings is 4. The van der Waals surface area contributed by atoms with Crippen molar-refractivity contribution in [3.8, 4) is 11.1 Å². The molecule has 0 atom stereocenters. The van der Waals surface area contributed by atoms with E-state index >= 15 is 0 Å². The molecule has 0 fully saturated rings. The monoisotopic (exact) mass is 431 g/mol. The van der Waals surface area contributed by atoms with Crippen LogP contribution in [0.25, 0.3) is 22.0 Å². The van der Waals surface area contributed by atoms with Gasteiger partial charge in [-0.1, -0.05) is 84.9 Å². The lowest BCUT2D eigenvalue weighted by atomic mass is 10.0. The smallest absolute Gasteiger partial charge is 0.267 e. The molecule has 160 valence electrons. The van der Waals surface area contributed by atoms with Gasteiger partial charge in [-0.25, -0.2) is 9.66 Å². The minimum absolute atomic E-state index is 0.305. The van der Waals surface area contributed by atoms with E-state index in [-0.39, 0.29) is 11.5 Å². The highest BCUT2D eigenvalue weighted by molar-refractivity contribution is 6.00. The topological polar surface area (TPSA) is 64.0 Å². The molecule has 5 aromatic rings. The number of carbonyl (C=O) groups excluding carboxylic acids is 1. The molecule has 0 saturated heterocycles. The average Bonchev–Trinajstić information content (AvgIpc) is 2.87. The third-order valence-corrected chi connectivity index (χ3v) is 5.52. The summed E-state index contributed by atoms with van der Waals surface area (Å²) in [6, 6.07) is 34.2. The fourth-order valence-corrected chi connectivity index (χ4v) is 3.80. The molecule has 0 aliphatic carbocycles. The summed E-state index contributed by atoms with van der Waals surface area (Å²) in [7, 11) is 0. The molecule has 5 heteroatoms. The van der Waals surface area contributed by atoms with Gasteiger partial charge in [-0.15, -0.1) is 0 Å². The van der Waals surface area contributed by atoms with Gasteiger partial charge in [0.05, 0.1) is 10.9 Å². The summed E-state index contributed by atoms with van der Waals surface area (Å²) in [5, 5.41) is 0.453. The number of hydrogen-bond donors (Lipinski definition) is 1. The zero-order valence-electron chi connectivity index (χ0n) is 17.8. The second-order valence-corrected chi connectivity index (χ2v) is 7.73. The molecule has 4 aromatic carbocycles.